The van der Waals surface area contributed by atoms with Gasteiger partial charge < -0.3 is 125 Å². The summed E-state index contributed by atoms with van der Waals surface area (Å²) in [5.74, 6) is 0. The number of allylic oxidation sites excluding steroid dienone is 2. The second kappa shape index (κ2) is 39.1. The second-order valence-corrected chi connectivity index (χ2v) is 34.4. The maximum Gasteiger partial charge on any atom is 0.496 e. The summed E-state index contributed by atoms with van der Waals surface area (Å²) in [5, 5.41) is 28.6. The van der Waals surface area contributed by atoms with Gasteiger partial charge in [-0.1, -0.05) is 31.4 Å². The number of hydrogen-bond donors (Lipinski definition) is 21. The van der Waals surface area contributed by atoms with Gasteiger partial charge in [0, 0.05) is 61.2 Å². The fourth-order valence-corrected chi connectivity index (χ4v) is 17.3. The fraction of sp³-hybridized carbons (Fsp3) is 0.959. The molecule has 8 atom stereocenters. The zero-order valence-corrected chi connectivity index (χ0v) is 53.8. The minimum atomic E-state index is -3.62. The second-order valence-electron chi connectivity index (χ2n) is 22.3. The average Bonchev–Trinajstić information content (AvgIpc) is 0.858. The zero-order valence-electron chi connectivity index (χ0n) is 65.8. The van der Waals surface area contributed by atoms with E-state index in [4.69, 9.17) is 49.4 Å². The van der Waals surface area contributed by atoms with Crippen molar-refractivity contribution in [1.82, 2.24) is 0 Å². The third-order valence-corrected chi connectivity index (χ3v) is 25.5. The van der Waals surface area contributed by atoms with E-state index in [1.54, 1.807) is 21.3 Å². The van der Waals surface area contributed by atoms with Crippen LogP contribution in [0, 0.1) is 0 Å². The Morgan fingerprint density at radius 3 is 1.22 bits per heavy atom. The van der Waals surface area contributed by atoms with Crippen LogP contribution in [0.15, 0.2) is 12.2 Å². The minimum Gasteiger partial charge on any atom is -0.393 e. The summed E-state index contributed by atoms with van der Waals surface area (Å²) in [7, 11) is -16.1. The Hall–Kier alpha value is 0.00130. The van der Waals surface area contributed by atoms with Gasteiger partial charge in [-0.2, -0.15) is 0 Å². The van der Waals surface area contributed by atoms with Crippen LogP contribution in [0.5, 0.6) is 0 Å². The predicted molar refractivity (Wildman–Crippen MR) is 307 cm³/mol. The lowest BCUT2D eigenvalue weighted by Crippen LogP contribution is -2.47. The molecule has 0 aliphatic heterocycles. The maximum absolute atomic E-state index is 9.59. The molecule has 5 fully saturated rings. The zero-order chi connectivity index (χ0) is 74.6. The molecule has 6 rings (SSSR count). The highest BCUT2D eigenvalue weighted by Crippen LogP contribution is 2.38. The molecule has 26 nitrogen and oxygen atoms in total. The molecule has 0 aromatic heterocycles. The summed E-state index contributed by atoms with van der Waals surface area (Å²) in [6.07, 6.45) is 20.9. The Labute approximate surface area is 512 Å². The molecule has 6 aliphatic rings. The Morgan fingerprint density at radius 1 is 0.395 bits per heavy atom. The molecule has 0 amide bonds. The van der Waals surface area contributed by atoms with Crippen LogP contribution in [0.2, 0.25) is 33.2 Å². The highest BCUT2D eigenvalue weighted by Gasteiger charge is 2.46. The van der Waals surface area contributed by atoms with Crippen LogP contribution < -0.4 is 0 Å². The molecule has 0 saturated heterocycles. The van der Waals surface area contributed by atoms with Crippen LogP contribution in [0.1, 0.15) is 187 Å². The number of ether oxygens (including phenoxy) is 5. The van der Waals surface area contributed by atoms with Gasteiger partial charge in [-0.25, -0.2) is 0 Å². The SMILES string of the molecule is [3H]O[Si](O[3H])(O[3H])C1CC/C=C\CCC1.[3H]O[Si](O[3H])(O[3H])C1CCC(OC(C)OCC)CC1.[3H]O[Si](O[3H])(O[3H])C1CCC(OC)C(OC)C1.[3H]O[Si](O[3H])(O[3H])C1CCC(OC)CC1.[3H]O[Si](O[3H])(O[3H])C1CCCC(O)C(O)CC1.[3H]O[Si](O[3H])(O[3H])C1CCCC(O)CCC1. The molecule has 6 aliphatic carbocycles. The average molecular weight is 1320 g/mol. The van der Waals surface area contributed by atoms with Crippen LogP contribution in [0.4, 0.5) is 0 Å². The van der Waals surface area contributed by atoms with Crippen molar-refractivity contribution in [3.8, 4) is 0 Å². The van der Waals surface area contributed by atoms with Crippen molar-refractivity contribution in [3.63, 3.8) is 0 Å². The molecule has 0 spiro atoms. The van der Waals surface area contributed by atoms with Crippen LogP contribution in [-0.4, -0.2) is 257 Å². The standard InChI is InChI=1S/C10H22O5Si.2C8H18O5Si.C8H18O4Si.C8H16O3Si.C7H16O4Si/c1-3-14-8(2)15-9-4-6-10(7-5-9)16(11,12)13;1-12-7-4-3-6(14(9,10)11)5-8(7)13-2;9-7-3-1-2-6(14(11,12)13)4-5-8(7)10;9-7-3-1-5-8(6-2-4-7)13(10,11)12;9-12(10,11)8-6-4-2-1-3-5-7-8;1-11-6-2-4-7(5-3-6)12(8,9)10/h8-13H,3-7H2,1-2H3;6-11H,3-5H2,1-2H3;6-13H,1-5H2;7-12H,1-6H2;1-2,8-11H,3-7H2;6-10H,2-5H2,1H3/b;;;;2-1-;/i11T,12T,13T;9T,10T,11T;11T,12T,13T;10T,11T,12T;9T,10T,11T;8T,9T,10T. The highest BCUT2D eigenvalue weighted by molar-refractivity contribution is 6.59. The smallest absolute Gasteiger partial charge is 0.393 e. The first kappa shape index (κ1) is 52.9. The van der Waals surface area contributed by atoms with Gasteiger partial charge in [0.1, 0.15) is 0 Å². The highest BCUT2D eigenvalue weighted by atomic mass is 28.4. The topological polar surface area (TPSA) is 471 Å². The lowest BCUT2D eigenvalue weighted by atomic mass is 9.94. The van der Waals surface area contributed by atoms with E-state index in [2.05, 4.69) is 98.5 Å². The van der Waals surface area contributed by atoms with Crippen molar-refractivity contribution in [3.05, 3.63) is 12.2 Å². The first-order valence-electron chi connectivity index (χ1n) is 36.0. The first-order chi connectivity index (χ1) is 47.6. The van der Waals surface area contributed by atoms with E-state index in [9.17, 15) is 15.3 Å². The summed E-state index contributed by atoms with van der Waals surface area (Å²) in [4.78, 5) is 79.2. The molecule has 0 bridgehead atoms. The normalized spacial score (nSPS) is 35.1. The Kier molecular flexibility index (Phi) is 25.5. The molecule has 21 N–H and O–H groups in total. The van der Waals surface area contributed by atoms with Crippen molar-refractivity contribution < 1.29 is 125 Å². The van der Waals surface area contributed by atoms with Crippen molar-refractivity contribution in [2.24, 2.45) is 0 Å². The van der Waals surface area contributed by atoms with Crippen LogP contribution in [0.25, 0.3) is 0 Å². The van der Waals surface area contributed by atoms with Gasteiger partial charge in [0.2, 0.25) is 0 Å². The molecule has 81 heavy (non-hydrogen) atoms. The van der Waals surface area contributed by atoms with Gasteiger partial charge in [-0.15, -0.1) is 0 Å². The Morgan fingerprint density at radius 2 is 0.765 bits per heavy atom. The maximum atomic E-state index is 9.59. The quantitative estimate of drug-likeness (QED) is 0.0241. The molecular weight excluding hydrogens is 1170 g/mol. The molecule has 0 aromatic rings. The molecule has 32 heteroatoms. The monoisotopic (exact) mass is 1320 g/mol. The van der Waals surface area contributed by atoms with E-state index in [1.165, 1.54) is 0 Å². The van der Waals surface area contributed by atoms with Gasteiger partial charge in [0.25, 0.3) is 0 Å². The minimum absolute atomic E-state index is 0.0230. The molecule has 0 heterocycles. The molecule has 8 unspecified atom stereocenters. The predicted octanol–water partition coefficient (Wildman–Crippen LogP) is -0.300. The van der Waals surface area contributed by atoms with Gasteiger partial charge in [-0.05, 0) is 168 Å². The van der Waals surface area contributed by atoms with E-state index < -0.39 is 65.0 Å². The molecule has 5 saturated carbocycles. The summed E-state index contributed by atoms with van der Waals surface area (Å²) < 4.78 is 152. The summed E-state index contributed by atoms with van der Waals surface area (Å²) in [6.45, 7) is 4.39. The third kappa shape index (κ3) is 34.4. The molecule has 0 aromatic carbocycles. The van der Waals surface area contributed by atoms with Crippen LogP contribution in [0.3, 0.4) is 0 Å². The van der Waals surface area contributed by atoms with Gasteiger partial charge in [0.15, 0.2) is 32.1 Å². The number of rotatable bonds is 31. The van der Waals surface area contributed by atoms with Crippen LogP contribution in [-0.2, 0) is 23.7 Å². The number of hydrogen-bond acceptors (Lipinski definition) is 26. The van der Waals surface area contributed by atoms with Gasteiger partial charge in [0.05, 0.1) is 42.7 Å². The lowest BCUT2D eigenvalue weighted by Gasteiger charge is -2.35. The Bertz CT molecular complexity index is 1930. The summed E-state index contributed by atoms with van der Waals surface area (Å²) >= 11 is 0. The molecule has 484 valence electrons. The van der Waals surface area contributed by atoms with Gasteiger partial charge in [-0.3, -0.25) is 0 Å². The van der Waals surface area contributed by atoms with Crippen molar-refractivity contribution in [2.45, 2.75) is 269 Å². The molecular formula is C49H108O26Si6. The largest absolute Gasteiger partial charge is 0.496 e. The first-order valence-corrected chi connectivity index (χ1v) is 39.5. The summed E-state index contributed by atoms with van der Waals surface area (Å²) in [5.41, 5.74) is -1.29. The number of aliphatic hydroxyl groups excluding tert-OH is 3. The van der Waals surface area contributed by atoms with Crippen molar-refractivity contribution in [2.75, 3.05) is 27.9 Å². The Balaban J connectivity index is 0.000000595. The van der Waals surface area contributed by atoms with E-state index in [0.717, 1.165) is 70.6 Å². The third-order valence-electron chi connectivity index (χ3n) is 16.1. The van der Waals surface area contributed by atoms with Crippen molar-refractivity contribution >= 4 is 52.8 Å². The summed E-state index contributed by atoms with van der Waals surface area (Å²) in [6, 6.07) is 0. The van der Waals surface area contributed by atoms with Crippen LogP contribution >= 0.6 is 0 Å². The number of methoxy groups -OCH3 is 3. The number of aliphatic hydroxyl groups is 3. The van der Waals surface area contributed by atoms with E-state index in [-0.39, 0.29) is 70.1 Å². The fourth-order valence-electron chi connectivity index (χ4n) is 10.9. The lowest BCUT2D eigenvalue weighted by molar-refractivity contribution is -0.163. The van der Waals surface area contributed by atoms with Crippen molar-refractivity contribution in [1.29, 1.82) is 25.8 Å². The van der Waals surface area contributed by atoms with Gasteiger partial charge >= 0.3 is 52.8 Å². The van der Waals surface area contributed by atoms with E-state index in [1.807, 2.05) is 13.8 Å². The molecule has 0 radical (unpaired) electrons. The van der Waals surface area contributed by atoms with E-state index in [0.29, 0.717) is 109 Å². The van der Waals surface area contributed by atoms with E-state index >= 15 is 0 Å².